The van der Waals surface area contributed by atoms with E-state index in [1.54, 1.807) is 13.8 Å². The molecule has 0 unspecified atom stereocenters. The van der Waals surface area contributed by atoms with Crippen LogP contribution in [0.4, 0.5) is 0 Å². The van der Waals surface area contributed by atoms with Gasteiger partial charge in [-0.1, -0.05) is 48.5 Å². The lowest BCUT2D eigenvalue weighted by Gasteiger charge is -2.25. The zero-order valence-electron chi connectivity index (χ0n) is 18.0. The number of benzene rings is 2. The number of thiophene rings is 1. The molecule has 4 rings (SSSR count). The summed E-state index contributed by atoms with van der Waals surface area (Å²) in [7, 11) is 0. The average Bonchev–Trinajstić information content (AvgIpc) is 3.15. The summed E-state index contributed by atoms with van der Waals surface area (Å²) in [5.41, 5.74) is 3.25. The minimum atomic E-state index is -1.44. The van der Waals surface area contributed by atoms with Gasteiger partial charge in [-0.25, -0.2) is 9.78 Å². The first-order valence-corrected chi connectivity index (χ1v) is 11.0. The fraction of sp³-hybridized carbons (Fsp3) is 0.240. The first-order chi connectivity index (χ1) is 14.7. The first kappa shape index (κ1) is 21.0. The van der Waals surface area contributed by atoms with Gasteiger partial charge in [0.05, 0.1) is 5.39 Å². The van der Waals surface area contributed by atoms with Gasteiger partial charge in [-0.15, -0.1) is 11.3 Å². The molecule has 2 aromatic heterocycles. The van der Waals surface area contributed by atoms with Crippen molar-refractivity contribution in [3.8, 4) is 11.1 Å². The second-order valence-corrected chi connectivity index (χ2v) is 9.18. The summed E-state index contributed by atoms with van der Waals surface area (Å²) >= 11 is 1.41. The zero-order valence-corrected chi connectivity index (χ0v) is 18.8. The van der Waals surface area contributed by atoms with Crippen molar-refractivity contribution in [2.75, 3.05) is 0 Å². The van der Waals surface area contributed by atoms with Crippen molar-refractivity contribution in [2.45, 2.75) is 39.7 Å². The molecule has 0 aliphatic carbocycles. The molecular formula is C25H24N2O3S. The van der Waals surface area contributed by atoms with Crippen molar-refractivity contribution < 1.29 is 9.90 Å². The predicted octanol–water partition coefficient (Wildman–Crippen LogP) is 5.15. The molecule has 1 N–H and O–H groups in total. The third-order valence-electron chi connectivity index (χ3n) is 5.78. The monoisotopic (exact) mass is 432 g/mol. The number of nitrogens with zero attached hydrogens (tertiary/aromatic N) is 2. The lowest BCUT2D eigenvalue weighted by Crippen LogP contribution is -2.45. The molecule has 5 nitrogen and oxygen atoms in total. The third-order valence-corrected chi connectivity index (χ3v) is 6.65. The van der Waals surface area contributed by atoms with Crippen molar-refractivity contribution in [2.24, 2.45) is 0 Å². The van der Waals surface area contributed by atoms with E-state index in [9.17, 15) is 14.7 Å². The molecule has 0 saturated heterocycles. The number of fused-ring (bicyclic) bond motifs is 1. The van der Waals surface area contributed by atoms with Gasteiger partial charge in [-0.05, 0) is 49.9 Å². The Bertz CT molecular complexity index is 1350. The van der Waals surface area contributed by atoms with E-state index in [0.717, 1.165) is 22.3 Å². The summed E-state index contributed by atoms with van der Waals surface area (Å²) < 4.78 is 1.35. The molecule has 0 bridgehead atoms. The lowest BCUT2D eigenvalue weighted by molar-refractivity contribution is -0.146. The van der Waals surface area contributed by atoms with Crippen LogP contribution in [-0.2, 0) is 16.8 Å². The van der Waals surface area contributed by atoms with Crippen LogP contribution < -0.4 is 5.56 Å². The molecule has 0 amide bonds. The number of aromatic nitrogens is 2. The van der Waals surface area contributed by atoms with Gasteiger partial charge in [0, 0.05) is 17.4 Å². The highest BCUT2D eigenvalue weighted by Crippen LogP contribution is 2.33. The van der Waals surface area contributed by atoms with Crippen molar-refractivity contribution in [3.63, 3.8) is 0 Å². The van der Waals surface area contributed by atoms with Crippen LogP contribution in [0.5, 0.6) is 0 Å². The highest BCUT2D eigenvalue weighted by atomic mass is 32.1. The molecule has 2 heterocycles. The molecule has 0 aliphatic heterocycles. The van der Waals surface area contributed by atoms with Crippen LogP contribution in [0.2, 0.25) is 0 Å². The number of aryl methyl sites for hydroxylation is 2. The van der Waals surface area contributed by atoms with Gasteiger partial charge in [-0.3, -0.25) is 9.36 Å². The number of carboxylic acids is 1. The standard InChI is InChI=1S/C25H24N2O3S/c1-15-10-11-18(12-16(15)2)19-14-31-22-21(19)23(28)27(25(3,4)24(29)30)20(26-22)13-17-8-6-5-7-9-17/h5-12,14H,13H2,1-4H3,(H,29,30). The lowest BCUT2D eigenvalue weighted by atomic mass is 10.00. The average molecular weight is 433 g/mol. The molecule has 6 heteroatoms. The maximum absolute atomic E-state index is 13.8. The Hall–Kier alpha value is -3.25. The molecule has 0 atom stereocenters. The van der Waals surface area contributed by atoms with Crippen LogP contribution >= 0.6 is 11.3 Å². The molecule has 31 heavy (non-hydrogen) atoms. The first-order valence-electron chi connectivity index (χ1n) is 10.1. The normalized spacial score (nSPS) is 11.7. The number of hydrogen-bond acceptors (Lipinski definition) is 4. The minimum Gasteiger partial charge on any atom is -0.480 e. The molecular weight excluding hydrogens is 408 g/mol. The number of carboxylic acid groups (broad SMARTS) is 1. The fourth-order valence-corrected chi connectivity index (χ4v) is 4.68. The maximum atomic E-state index is 13.8. The number of aliphatic carboxylic acids is 1. The molecule has 0 radical (unpaired) electrons. The maximum Gasteiger partial charge on any atom is 0.329 e. The zero-order chi connectivity index (χ0) is 22.3. The largest absolute Gasteiger partial charge is 0.480 e. The summed E-state index contributed by atoms with van der Waals surface area (Å²) in [4.78, 5) is 31.3. The number of rotatable bonds is 5. The number of hydrogen-bond donors (Lipinski definition) is 1. The van der Waals surface area contributed by atoms with E-state index in [-0.39, 0.29) is 5.56 Å². The molecule has 0 fully saturated rings. The van der Waals surface area contributed by atoms with Gasteiger partial charge in [0.1, 0.15) is 16.2 Å². The highest BCUT2D eigenvalue weighted by Gasteiger charge is 2.34. The van der Waals surface area contributed by atoms with E-state index in [1.165, 1.54) is 21.5 Å². The molecule has 0 saturated carbocycles. The SMILES string of the molecule is Cc1ccc(-c2csc3nc(Cc4ccccc4)n(C(C)(C)C(=O)O)c(=O)c23)cc1C. The molecule has 0 aliphatic rings. The van der Waals surface area contributed by atoms with E-state index in [2.05, 4.69) is 6.07 Å². The summed E-state index contributed by atoms with van der Waals surface area (Å²) in [5, 5.41) is 12.3. The van der Waals surface area contributed by atoms with Gasteiger partial charge in [0.2, 0.25) is 0 Å². The van der Waals surface area contributed by atoms with Crippen molar-refractivity contribution in [1.82, 2.24) is 9.55 Å². The fourth-order valence-electron chi connectivity index (χ4n) is 3.72. The highest BCUT2D eigenvalue weighted by molar-refractivity contribution is 7.17. The van der Waals surface area contributed by atoms with E-state index in [0.29, 0.717) is 22.5 Å². The molecule has 4 aromatic rings. The smallest absolute Gasteiger partial charge is 0.329 e. The van der Waals surface area contributed by atoms with Crippen molar-refractivity contribution in [1.29, 1.82) is 0 Å². The van der Waals surface area contributed by atoms with Crippen molar-refractivity contribution in [3.05, 3.63) is 86.8 Å². The van der Waals surface area contributed by atoms with E-state index in [1.807, 2.05) is 61.7 Å². The van der Waals surface area contributed by atoms with Crippen LogP contribution in [0, 0.1) is 13.8 Å². The molecule has 158 valence electrons. The summed E-state index contributed by atoms with van der Waals surface area (Å²) in [6.45, 7) is 7.17. The van der Waals surface area contributed by atoms with E-state index in [4.69, 9.17) is 4.98 Å². The van der Waals surface area contributed by atoms with Gasteiger partial charge >= 0.3 is 5.97 Å². The van der Waals surface area contributed by atoms with Crippen LogP contribution in [0.3, 0.4) is 0 Å². The quantitative estimate of drug-likeness (QED) is 0.473. The van der Waals surface area contributed by atoms with Gasteiger partial charge in [-0.2, -0.15) is 0 Å². The molecule has 0 spiro atoms. The van der Waals surface area contributed by atoms with Crippen LogP contribution in [0.1, 0.15) is 36.4 Å². The van der Waals surface area contributed by atoms with E-state index >= 15 is 0 Å². The topological polar surface area (TPSA) is 72.2 Å². The summed E-state index contributed by atoms with van der Waals surface area (Å²) in [6.07, 6.45) is 0.375. The van der Waals surface area contributed by atoms with Crippen molar-refractivity contribution >= 4 is 27.5 Å². The number of carbonyl (C=O) groups is 1. The Balaban J connectivity index is 2.00. The van der Waals surface area contributed by atoms with Gasteiger partial charge < -0.3 is 5.11 Å². The Labute approximate surface area is 184 Å². The third kappa shape index (κ3) is 3.68. The predicted molar refractivity (Wildman–Crippen MR) is 125 cm³/mol. The van der Waals surface area contributed by atoms with Gasteiger partial charge in [0.15, 0.2) is 0 Å². The summed E-state index contributed by atoms with van der Waals surface area (Å²) in [6, 6.07) is 15.7. The Kier molecular flexibility index (Phi) is 5.27. The second-order valence-electron chi connectivity index (χ2n) is 8.32. The second kappa shape index (κ2) is 7.78. The molecule has 2 aromatic carbocycles. The Morgan fingerprint density at radius 3 is 2.45 bits per heavy atom. The van der Waals surface area contributed by atoms with Crippen LogP contribution in [-0.4, -0.2) is 20.6 Å². The minimum absolute atomic E-state index is 0.321. The summed E-state index contributed by atoms with van der Waals surface area (Å²) in [5.74, 6) is -0.627. The Morgan fingerprint density at radius 1 is 1.10 bits per heavy atom. The van der Waals surface area contributed by atoms with Crippen LogP contribution in [0.15, 0.2) is 58.7 Å². The van der Waals surface area contributed by atoms with E-state index < -0.39 is 11.5 Å². The van der Waals surface area contributed by atoms with Gasteiger partial charge in [0.25, 0.3) is 5.56 Å². The van der Waals surface area contributed by atoms with Crippen LogP contribution in [0.25, 0.3) is 21.3 Å². The Morgan fingerprint density at radius 2 is 1.81 bits per heavy atom.